The van der Waals surface area contributed by atoms with E-state index in [0.717, 1.165) is 0 Å². The van der Waals surface area contributed by atoms with E-state index in [1.807, 2.05) is 0 Å². The molecule has 2 aliphatic heterocycles. The van der Waals surface area contributed by atoms with E-state index in [1.54, 1.807) is 0 Å². The van der Waals surface area contributed by atoms with Crippen molar-refractivity contribution >= 4 is 6.16 Å². The fourth-order valence-corrected chi connectivity index (χ4v) is 1.27. The zero-order valence-corrected chi connectivity index (χ0v) is 5.73. The minimum Gasteiger partial charge on any atom is -0.427 e. The van der Waals surface area contributed by atoms with Gasteiger partial charge in [0.05, 0.1) is 6.61 Å². The average Bonchev–Trinajstić information content (AvgIpc) is 2.31. The Morgan fingerprint density at radius 3 is 3.00 bits per heavy atom. The summed E-state index contributed by atoms with van der Waals surface area (Å²) in [5.74, 6) is 0. The molecule has 0 aromatic rings. The van der Waals surface area contributed by atoms with Gasteiger partial charge in [-0.15, -0.1) is 0 Å². The topological polar surface area (TPSA) is 65.0 Å². The van der Waals surface area contributed by atoms with E-state index in [1.165, 1.54) is 0 Å². The molecule has 5 nitrogen and oxygen atoms in total. The lowest BCUT2D eigenvalue weighted by atomic mass is 10.1. The highest BCUT2D eigenvalue weighted by Crippen LogP contribution is 2.25. The Hall–Kier alpha value is -0.810. The van der Waals surface area contributed by atoms with E-state index in [-0.39, 0.29) is 6.10 Å². The Morgan fingerprint density at radius 1 is 1.45 bits per heavy atom. The molecule has 0 radical (unpaired) electrons. The first-order chi connectivity index (χ1) is 5.27. The molecule has 11 heavy (non-hydrogen) atoms. The Balaban J connectivity index is 2.09. The summed E-state index contributed by atoms with van der Waals surface area (Å²) in [5.41, 5.74) is 0. The molecule has 0 aromatic carbocycles. The van der Waals surface area contributed by atoms with Crippen LogP contribution in [0.15, 0.2) is 0 Å². The molecule has 2 unspecified atom stereocenters. The lowest BCUT2D eigenvalue weighted by Gasteiger charge is -2.25. The lowest BCUT2D eigenvalue weighted by Crippen LogP contribution is -2.42. The van der Waals surface area contributed by atoms with Gasteiger partial charge >= 0.3 is 6.16 Å². The zero-order valence-electron chi connectivity index (χ0n) is 5.73. The average molecular weight is 160 g/mol. The van der Waals surface area contributed by atoms with Crippen LogP contribution in [0.1, 0.15) is 6.42 Å². The van der Waals surface area contributed by atoms with Crippen molar-refractivity contribution in [3.8, 4) is 0 Å². The maximum atomic E-state index is 10.5. The minimum absolute atomic E-state index is 0.328. The van der Waals surface area contributed by atoms with Gasteiger partial charge in [0.25, 0.3) is 0 Å². The standard InChI is InChI=1S/C6H8O5/c7-5-4-3(1-2-9-5)10-6(8)11-4/h3-5,7H,1-2H2/t3-,4?,5?/m0/s1. The van der Waals surface area contributed by atoms with Crippen molar-refractivity contribution < 1.29 is 24.1 Å². The monoisotopic (exact) mass is 160 g/mol. The third-order valence-corrected chi connectivity index (χ3v) is 1.82. The zero-order chi connectivity index (χ0) is 7.84. The van der Waals surface area contributed by atoms with Crippen molar-refractivity contribution in [1.82, 2.24) is 0 Å². The van der Waals surface area contributed by atoms with E-state index in [9.17, 15) is 4.79 Å². The first kappa shape index (κ1) is 6.87. The maximum Gasteiger partial charge on any atom is 0.509 e. The SMILES string of the molecule is O=C1OC2C(O)OCC[C@@H]2O1. The Labute approximate surface area is 62.8 Å². The predicted octanol–water partition coefficient (Wildman–Crippen LogP) is -0.371. The largest absolute Gasteiger partial charge is 0.509 e. The van der Waals surface area contributed by atoms with Crippen molar-refractivity contribution in [2.45, 2.75) is 24.9 Å². The summed E-state index contributed by atoms with van der Waals surface area (Å²) in [6, 6.07) is 0. The summed E-state index contributed by atoms with van der Waals surface area (Å²) in [4.78, 5) is 10.5. The number of rotatable bonds is 0. The molecule has 0 saturated carbocycles. The molecule has 5 heteroatoms. The molecule has 1 N–H and O–H groups in total. The molecule has 2 saturated heterocycles. The van der Waals surface area contributed by atoms with Crippen LogP contribution in [0, 0.1) is 0 Å². The van der Waals surface area contributed by atoms with Crippen molar-refractivity contribution in [2.75, 3.05) is 6.61 Å². The number of aliphatic hydroxyl groups is 1. The number of aliphatic hydroxyl groups excluding tert-OH is 1. The molecule has 62 valence electrons. The predicted molar refractivity (Wildman–Crippen MR) is 31.7 cm³/mol. The van der Waals surface area contributed by atoms with Gasteiger partial charge in [0, 0.05) is 6.42 Å². The quantitative estimate of drug-likeness (QED) is 0.490. The third-order valence-electron chi connectivity index (χ3n) is 1.82. The van der Waals surface area contributed by atoms with Crippen LogP contribution in [0.2, 0.25) is 0 Å². The van der Waals surface area contributed by atoms with Crippen LogP contribution in [0.25, 0.3) is 0 Å². The fraction of sp³-hybridized carbons (Fsp3) is 0.833. The summed E-state index contributed by atoms with van der Waals surface area (Å²) >= 11 is 0. The summed E-state index contributed by atoms with van der Waals surface area (Å²) in [6.45, 7) is 0.402. The van der Waals surface area contributed by atoms with Crippen molar-refractivity contribution in [2.24, 2.45) is 0 Å². The fourth-order valence-electron chi connectivity index (χ4n) is 1.27. The summed E-state index contributed by atoms with van der Waals surface area (Å²) in [6.07, 6.45) is -2.11. The maximum absolute atomic E-state index is 10.5. The molecule has 2 heterocycles. The summed E-state index contributed by atoms with van der Waals surface area (Å²) in [7, 11) is 0. The van der Waals surface area contributed by atoms with Crippen LogP contribution in [0.3, 0.4) is 0 Å². The van der Waals surface area contributed by atoms with Crippen LogP contribution < -0.4 is 0 Å². The highest BCUT2D eigenvalue weighted by Gasteiger charge is 2.44. The van der Waals surface area contributed by atoms with Gasteiger partial charge in [-0.05, 0) is 0 Å². The van der Waals surface area contributed by atoms with Crippen LogP contribution in [0.4, 0.5) is 4.79 Å². The molecule has 0 spiro atoms. The van der Waals surface area contributed by atoms with Gasteiger partial charge in [-0.25, -0.2) is 4.79 Å². The molecule has 2 rings (SSSR count). The molecular formula is C6H8O5. The molecule has 0 aromatic heterocycles. The smallest absolute Gasteiger partial charge is 0.427 e. The van der Waals surface area contributed by atoms with E-state index in [0.29, 0.717) is 13.0 Å². The molecule has 0 bridgehead atoms. The van der Waals surface area contributed by atoms with Crippen LogP contribution in [-0.4, -0.2) is 36.4 Å². The minimum atomic E-state index is -1.03. The van der Waals surface area contributed by atoms with E-state index in [4.69, 9.17) is 14.6 Å². The first-order valence-electron chi connectivity index (χ1n) is 3.44. The summed E-state index contributed by atoms with van der Waals surface area (Å²) in [5, 5.41) is 9.12. The second-order valence-electron chi connectivity index (χ2n) is 2.54. The number of ether oxygens (including phenoxy) is 3. The van der Waals surface area contributed by atoms with Gasteiger partial charge in [0.15, 0.2) is 12.4 Å². The van der Waals surface area contributed by atoms with Crippen LogP contribution in [-0.2, 0) is 14.2 Å². The van der Waals surface area contributed by atoms with Crippen LogP contribution >= 0.6 is 0 Å². The Bertz CT molecular complexity index is 180. The third kappa shape index (κ3) is 1.06. The van der Waals surface area contributed by atoms with Gasteiger partial charge in [-0.2, -0.15) is 0 Å². The van der Waals surface area contributed by atoms with E-state index >= 15 is 0 Å². The molecule has 0 aliphatic carbocycles. The first-order valence-corrected chi connectivity index (χ1v) is 3.44. The molecular weight excluding hydrogens is 152 g/mol. The van der Waals surface area contributed by atoms with Gasteiger partial charge in [0.1, 0.15) is 6.10 Å². The second-order valence-corrected chi connectivity index (χ2v) is 2.54. The second kappa shape index (κ2) is 2.35. The molecule has 2 fully saturated rings. The van der Waals surface area contributed by atoms with Gasteiger partial charge in [-0.1, -0.05) is 0 Å². The lowest BCUT2D eigenvalue weighted by molar-refractivity contribution is -0.188. The number of fused-ring (bicyclic) bond motifs is 1. The number of carbonyl (C=O) groups excluding carboxylic acids is 1. The number of hydrogen-bond donors (Lipinski definition) is 1. The van der Waals surface area contributed by atoms with Crippen molar-refractivity contribution in [3.63, 3.8) is 0 Å². The highest BCUT2D eigenvalue weighted by atomic mass is 16.8. The molecule has 2 aliphatic rings. The number of carbonyl (C=O) groups is 1. The van der Waals surface area contributed by atoms with Gasteiger partial charge in [-0.3, -0.25) is 0 Å². The normalized spacial score (nSPS) is 42.6. The molecule has 3 atom stereocenters. The van der Waals surface area contributed by atoms with Crippen molar-refractivity contribution in [3.05, 3.63) is 0 Å². The number of hydrogen-bond acceptors (Lipinski definition) is 5. The summed E-state index contributed by atoms with van der Waals surface area (Å²) < 4.78 is 14.2. The Kier molecular flexibility index (Phi) is 1.47. The molecule has 0 amide bonds. The highest BCUT2D eigenvalue weighted by molar-refractivity contribution is 5.62. The van der Waals surface area contributed by atoms with E-state index in [2.05, 4.69) is 4.74 Å². The van der Waals surface area contributed by atoms with Crippen molar-refractivity contribution in [1.29, 1.82) is 0 Å². The van der Waals surface area contributed by atoms with E-state index < -0.39 is 18.5 Å². The Morgan fingerprint density at radius 2 is 2.27 bits per heavy atom. The van der Waals surface area contributed by atoms with Gasteiger partial charge in [0.2, 0.25) is 0 Å². The van der Waals surface area contributed by atoms with Crippen LogP contribution in [0.5, 0.6) is 0 Å². The van der Waals surface area contributed by atoms with Gasteiger partial charge < -0.3 is 19.3 Å².